The van der Waals surface area contributed by atoms with Crippen LogP contribution in [0.3, 0.4) is 0 Å². The number of benzene rings is 1. The number of aromatic nitrogens is 1. The molecular weight excluding hydrogens is 260 g/mol. The molecule has 0 amide bonds. The zero-order chi connectivity index (χ0) is 13.7. The number of aryl methyl sites for hydroxylation is 1. The van der Waals surface area contributed by atoms with Crippen LogP contribution in [0.25, 0.3) is 0 Å². The monoisotopic (exact) mass is 278 g/mol. The number of nitrogens with two attached hydrogens (primary N) is 1. The number of rotatable bonds is 6. The fraction of sp³-hybridized carbons (Fsp3) is 0.357. The van der Waals surface area contributed by atoms with Gasteiger partial charge < -0.3 is 15.2 Å². The molecule has 2 rings (SSSR count). The average molecular weight is 278 g/mol. The molecule has 0 saturated carbocycles. The predicted molar refractivity (Wildman–Crippen MR) is 76.9 cm³/mol. The van der Waals surface area contributed by atoms with E-state index in [1.165, 1.54) is 0 Å². The van der Waals surface area contributed by atoms with E-state index in [9.17, 15) is 0 Å². The maximum absolute atomic E-state index is 5.84. The second kappa shape index (κ2) is 6.54. The molecule has 0 bridgehead atoms. The molecule has 1 aromatic carbocycles. The van der Waals surface area contributed by atoms with Crippen molar-refractivity contribution in [2.45, 2.75) is 20.0 Å². The molecule has 0 aliphatic rings. The lowest BCUT2D eigenvalue weighted by Gasteiger charge is -2.11. The van der Waals surface area contributed by atoms with Gasteiger partial charge in [0.15, 0.2) is 0 Å². The van der Waals surface area contributed by atoms with Gasteiger partial charge in [-0.05, 0) is 31.5 Å². The van der Waals surface area contributed by atoms with Crippen molar-refractivity contribution in [3.05, 3.63) is 39.8 Å². The van der Waals surface area contributed by atoms with Gasteiger partial charge in [0.2, 0.25) is 0 Å². The normalized spacial score (nSPS) is 10.5. The smallest absolute Gasteiger partial charge is 0.131 e. The lowest BCUT2D eigenvalue weighted by molar-refractivity contribution is 0.296. The van der Waals surface area contributed by atoms with Gasteiger partial charge >= 0.3 is 0 Å². The first kappa shape index (κ1) is 13.8. The molecule has 19 heavy (non-hydrogen) atoms. The Kier molecular flexibility index (Phi) is 4.76. The molecule has 102 valence electrons. The molecule has 0 unspecified atom stereocenters. The summed E-state index contributed by atoms with van der Waals surface area (Å²) in [6.45, 7) is 3.05. The lowest BCUT2D eigenvalue weighted by atomic mass is 10.1. The van der Waals surface area contributed by atoms with Gasteiger partial charge in [0.05, 0.1) is 17.8 Å². The molecule has 0 atom stereocenters. The standard InChI is InChI=1S/C14H18N2O2S/c1-10-16-12(9-19-10)8-18-14-7-13(17-2)4-3-11(14)5-6-15/h3-4,7,9H,5-6,8,15H2,1-2H3. The molecule has 2 N–H and O–H groups in total. The molecule has 0 saturated heterocycles. The number of hydrogen-bond acceptors (Lipinski definition) is 5. The number of hydrogen-bond donors (Lipinski definition) is 1. The van der Waals surface area contributed by atoms with Gasteiger partial charge in [-0.3, -0.25) is 0 Å². The molecule has 0 fully saturated rings. The van der Waals surface area contributed by atoms with Gasteiger partial charge in [-0.1, -0.05) is 6.07 Å². The predicted octanol–water partition coefficient (Wildman–Crippen LogP) is 2.54. The van der Waals surface area contributed by atoms with Crippen molar-refractivity contribution in [1.82, 2.24) is 4.98 Å². The summed E-state index contributed by atoms with van der Waals surface area (Å²) in [4.78, 5) is 4.38. The second-order valence-electron chi connectivity index (χ2n) is 4.16. The maximum Gasteiger partial charge on any atom is 0.131 e. The van der Waals surface area contributed by atoms with Crippen molar-refractivity contribution in [2.24, 2.45) is 5.73 Å². The van der Waals surface area contributed by atoms with Crippen LogP contribution >= 0.6 is 11.3 Å². The van der Waals surface area contributed by atoms with E-state index >= 15 is 0 Å². The van der Waals surface area contributed by atoms with Gasteiger partial charge in [-0.2, -0.15) is 0 Å². The first-order valence-corrected chi connectivity index (χ1v) is 7.01. The minimum Gasteiger partial charge on any atom is -0.497 e. The van der Waals surface area contributed by atoms with Crippen LogP contribution in [-0.2, 0) is 13.0 Å². The fourth-order valence-electron chi connectivity index (χ4n) is 1.78. The molecule has 0 aliphatic carbocycles. The van der Waals surface area contributed by atoms with Gasteiger partial charge in [0, 0.05) is 11.4 Å². The topological polar surface area (TPSA) is 57.4 Å². The van der Waals surface area contributed by atoms with Gasteiger partial charge in [-0.25, -0.2) is 4.98 Å². The number of thiazole rings is 1. The van der Waals surface area contributed by atoms with Gasteiger partial charge in [0.25, 0.3) is 0 Å². The van der Waals surface area contributed by atoms with Crippen LogP contribution in [0.2, 0.25) is 0 Å². The highest BCUT2D eigenvalue weighted by molar-refractivity contribution is 7.09. The minimum atomic E-state index is 0.467. The van der Waals surface area contributed by atoms with Crippen LogP contribution in [0, 0.1) is 6.92 Å². The zero-order valence-corrected chi connectivity index (χ0v) is 12.0. The van der Waals surface area contributed by atoms with Crippen LogP contribution in [0.4, 0.5) is 0 Å². The van der Waals surface area contributed by atoms with Gasteiger partial charge in [-0.15, -0.1) is 11.3 Å². The summed E-state index contributed by atoms with van der Waals surface area (Å²) in [7, 11) is 1.64. The molecule has 0 radical (unpaired) electrons. The molecule has 0 aliphatic heterocycles. The first-order valence-electron chi connectivity index (χ1n) is 6.13. The first-order chi connectivity index (χ1) is 9.22. The quantitative estimate of drug-likeness (QED) is 0.882. The Labute approximate surface area is 117 Å². The molecule has 1 heterocycles. The second-order valence-corrected chi connectivity index (χ2v) is 5.22. The van der Waals surface area contributed by atoms with Crippen LogP contribution in [-0.4, -0.2) is 18.6 Å². The minimum absolute atomic E-state index is 0.467. The summed E-state index contributed by atoms with van der Waals surface area (Å²) in [6.07, 6.45) is 0.787. The summed E-state index contributed by atoms with van der Waals surface area (Å²) in [6, 6.07) is 5.81. The Morgan fingerprint density at radius 3 is 2.84 bits per heavy atom. The van der Waals surface area contributed by atoms with E-state index < -0.39 is 0 Å². The molecule has 2 aromatic rings. The summed E-state index contributed by atoms with van der Waals surface area (Å²) in [5, 5.41) is 3.06. The summed E-state index contributed by atoms with van der Waals surface area (Å²) < 4.78 is 11.1. The molecule has 1 aromatic heterocycles. The van der Waals surface area contributed by atoms with E-state index in [4.69, 9.17) is 15.2 Å². The highest BCUT2D eigenvalue weighted by Crippen LogP contribution is 2.26. The molecule has 0 spiro atoms. The lowest BCUT2D eigenvalue weighted by Crippen LogP contribution is -2.06. The summed E-state index contributed by atoms with van der Waals surface area (Å²) in [5.41, 5.74) is 7.65. The Hall–Kier alpha value is -1.59. The average Bonchev–Trinajstić information content (AvgIpc) is 2.83. The van der Waals surface area contributed by atoms with E-state index in [0.29, 0.717) is 13.2 Å². The summed E-state index contributed by atoms with van der Waals surface area (Å²) in [5.74, 6) is 1.60. The van der Waals surface area contributed by atoms with Crippen molar-refractivity contribution in [1.29, 1.82) is 0 Å². The summed E-state index contributed by atoms with van der Waals surface area (Å²) >= 11 is 1.63. The number of methoxy groups -OCH3 is 1. The molecular formula is C14H18N2O2S. The Balaban J connectivity index is 2.12. The third-order valence-corrected chi connectivity index (χ3v) is 3.55. The van der Waals surface area contributed by atoms with Gasteiger partial charge in [0.1, 0.15) is 18.1 Å². The Bertz CT molecular complexity index is 540. The van der Waals surface area contributed by atoms with Crippen LogP contribution in [0.1, 0.15) is 16.3 Å². The Morgan fingerprint density at radius 1 is 1.37 bits per heavy atom. The van der Waals surface area contributed by atoms with Crippen molar-refractivity contribution < 1.29 is 9.47 Å². The highest BCUT2D eigenvalue weighted by Gasteiger charge is 2.07. The molecule has 4 nitrogen and oxygen atoms in total. The van der Waals surface area contributed by atoms with E-state index in [1.807, 2.05) is 30.5 Å². The van der Waals surface area contributed by atoms with E-state index in [1.54, 1.807) is 18.4 Å². The fourth-order valence-corrected chi connectivity index (χ4v) is 2.38. The van der Waals surface area contributed by atoms with Crippen molar-refractivity contribution >= 4 is 11.3 Å². The van der Waals surface area contributed by atoms with E-state index in [0.717, 1.165) is 34.2 Å². The molecule has 5 heteroatoms. The van der Waals surface area contributed by atoms with Crippen LogP contribution < -0.4 is 15.2 Å². The third kappa shape index (κ3) is 3.68. The van der Waals surface area contributed by atoms with Crippen LogP contribution in [0.15, 0.2) is 23.6 Å². The SMILES string of the molecule is COc1ccc(CCN)c(OCc2csc(C)n2)c1. The maximum atomic E-state index is 5.84. The third-order valence-electron chi connectivity index (χ3n) is 2.73. The van der Waals surface area contributed by atoms with E-state index in [2.05, 4.69) is 4.98 Å². The number of nitrogens with zero attached hydrogens (tertiary/aromatic N) is 1. The Morgan fingerprint density at radius 2 is 2.21 bits per heavy atom. The largest absolute Gasteiger partial charge is 0.497 e. The van der Waals surface area contributed by atoms with E-state index in [-0.39, 0.29) is 0 Å². The highest BCUT2D eigenvalue weighted by atomic mass is 32.1. The zero-order valence-electron chi connectivity index (χ0n) is 11.2. The van der Waals surface area contributed by atoms with Crippen molar-refractivity contribution in [2.75, 3.05) is 13.7 Å². The van der Waals surface area contributed by atoms with Crippen LogP contribution in [0.5, 0.6) is 11.5 Å². The number of ether oxygens (including phenoxy) is 2. The van der Waals surface area contributed by atoms with Crippen molar-refractivity contribution in [3.8, 4) is 11.5 Å². The van der Waals surface area contributed by atoms with Crippen molar-refractivity contribution in [3.63, 3.8) is 0 Å².